The van der Waals surface area contributed by atoms with Crippen molar-refractivity contribution in [1.82, 2.24) is 0 Å². The number of carbonyl (C=O) groups excluding carboxylic acids is 1. The molecule has 0 saturated carbocycles. The summed E-state index contributed by atoms with van der Waals surface area (Å²) < 4.78 is 0. The number of benzene rings is 2. The molecule has 2 N–H and O–H groups in total. The number of anilines is 1. The molecule has 0 aliphatic carbocycles. The van der Waals surface area contributed by atoms with Crippen molar-refractivity contribution in [3.8, 4) is 0 Å². The van der Waals surface area contributed by atoms with E-state index in [1.807, 2.05) is 38.1 Å². The first-order chi connectivity index (χ1) is 14.1. The number of carboxylic acid groups (broad SMARTS) is 1. The second-order valence-corrected chi connectivity index (χ2v) is 8.98. The van der Waals surface area contributed by atoms with Crippen LogP contribution in [-0.2, 0) is 0 Å². The fraction of sp³-hybridized carbons (Fsp3) is 0.462. The standard InChI is InChI=1S/C26H35NO3/c1-8-20(15(2)3)18-9-11-19(12-10-18)27-25(28)23-13-21(16(4)5)22(17(6)7)14-24(23)26(29)30/h9-17,20H,8H2,1-7H3,(H,27,28)(H,29,30). The molecule has 0 aliphatic heterocycles. The summed E-state index contributed by atoms with van der Waals surface area (Å²) in [5.74, 6) is -0.0903. The van der Waals surface area contributed by atoms with Crippen LogP contribution in [0.15, 0.2) is 36.4 Å². The monoisotopic (exact) mass is 409 g/mol. The lowest BCUT2D eigenvalue weighted by molar-refractivity contribution is 0.0692. The number of aromatic carboxylic acids is 1. The maximum absolute atomic E-state index is 13.0. The van der Waals surface area contributed by atoms with Crippen LogP contribution in [0.3, 0.4) is 0 Å². The summed E-state index contributed by atoms with van der Waals surface area (Å²) >= 11 is 0. The smallest absolute Gasteiger partial charge is 0.336 e. The maximum atomic E-state index is 13.0. The maximum Gasteiger partial charge on any atom is 0.336 e. The van der Waals surface area contributed by atoms with Gasteiger partial charge in [-0.3, -0.25) is 4.79 Å². The predicted octanol–water partition coefficient (Wildman–Crippen LogP) is 7.03. The van der Waals surface area contributed by atoms with E-state index in [-0.39, 0.29) is 23.0 Å². The molecule has 4 heteroatoms. The third kappa shape index (κ3) is 5.29. The molecular weight excluding hydrogens is 374 g/mol. The van der Waals surface area contributed by atoms with Crippen LogP contribution in [0.2, 0.25) is 0 Å². The molecule has 0 bridgehead atoms. The second kappa shape index (κ2) is 9.92. The zero-order valence-electron chi connectivity index (χ0n) is 19.2. The predicted molar refractivity (Wildman–Crippen MR) is 124 cm³/mol. The van der Waals surface area contributed by atoms with E-state index < -0.39 is 11.9 Å². The van der Waals surface area contributed by atoms with E-state index >= 15 is 0 Å². The molecule has 0 saturated heterocycles. The van der Waals surface area contributed by atoms with Crippen LogP contribution in [0.25, 0.3) is 0 Å². The first-order valence-electron chi connectivity index (χ1n) is 10.9. The van der Waals surface area contributed by atoms with Crippen LogP contribution in [0, 0.1) is 5.92 Å². The van der Waals surface area contributed by atoms with E-state index in [9.17, 15) is 14.7 Å². The lowest BCUT2D eigenvalue weighted by Gasteiger charge is -2.20. The van der Waals surface area contributed by atoms with Crippen molar-refractivity contribution in [2.75, 3.05) is 5.32 Å². The third-order valence-electron chi connectivity index (χ3n) is 5.78. The van der Waals surface area contributed by atoms with Gasteiger partial charge in [-0.05, 0) is 71.0 Å². The van der Waals surface area contributed by atoms with E-state index in [1.165, 1.54) is 5.56 Å². The fourth-order valence-corrected chi connectivity index (χ4v) is 4.10. The van der Waals surface area contributed by atoms with Gasteiger partial charge in [-0.1, -0.05) is 60.6 Å². The number of carbonyl (C=O) groups is 2. The Labute approximate surface area is 180 Å². The summed E-state index contributed by atoms with van der Waals surface area (Å²) in [4.78, 5) is 24.9. The summed E-state index contributed by atoms with van der Waals surface area (Å²) in [5.41, 5.74) is 4.15. The lowest BCUT2D eigenvalue weighted by Crippen LogP contribution is -2.18. The first kappa shape index (κ1) is 23.7. The topological polar surface area (TPSA) is 66.4 Å². The number of rotatable bonds is 8. The quantitative estimate of drug-likeness (QED) is 0.491. The van der Waals surface area contributed by atoms with Gasteiger partial charge in [0.15, 0.2) is 0 Å². The van der Waals surface area contributed by atoms with E-state index in [0.29, 0.717) is 17.5 Å². The Morgan fingerprint density at radius 3 is 1.77 bits per heavy atom. The van der Waals surface area contributed by atoms with Gasteiger partial charge >= 0.3 is 5.97 Å². The average Bonchev–Trinajstić information content (AvgIpc) is 2.68. The Bertz CT molecular complexity index is 895. The Morgan fingerprint density at radius 1 is 0.867 bits per heavy atom. The Hall–Kier alpha value is -2.62. The molecule has 0 aromatic heterocycles. The van der Waals surface area contributed by atoms with Crippen LogP contribution >= 0.6 is 0 Å². The van der Waals surface area contributed by atoms with E-state index in [1.54, 1.807) is 12.1 Å². The highest BCUT2D eigenvalue weighted by molar-refractivity contribution is 6.11. The third-order valence-corrected chi connectivity index (χ3v) is 5.78. The Kier molecular flexibility index (Phi) is 7.83. The summed E-state index contributed by atoms with van der Waals surface area (Å²) in [6, 6.07) is 11.3. The molecular formula is C26H35NO3. The SMILES string of the molecule is CCC(c1ccc(NC(=O)c2cc(C(C)C)c(C(C)C)cc2C(=O)O)cc1)C(C)C. The summed E-state index contributed by atoms with van der Waals surface area (Å²) in [6.45, 7) is 14.8. The molecule has 2 rings (SSSR count). The van der Waals surface area contributed by atoms with Crippen LogP contribution in [0.5, 0.6) is 0 Å². The van der Waals surface area contributed by atoms with Crippen molar-refractivity contribution in [2.45, 2.75) is 72.6 Å². The van der Waals surface area contributed by atoms with Crippen molar-refractivity contribution in [2.24, 2.45) is 5.92 Å². The summed E-state index contributed by atoms with van der Waals surface area (Å²) in [5, 5.41) is 12.6. The van der Waals surface area contributed by atoms with Gasteiger partial charge in [-0.2, -0.15) is 0 Å². The minimum absolute atomic E-state index is 0.0445. The van der Waals surface area contributed by atoms with Gasteiger partial charge in [0, 0.05) is 5.69 Å². The molecule has 0 fully saturated rings. The molecule has 2 aromatic rings. The number of amides is 1. The number of hydrogen-bond donors (Lipinski definition) is 2. The molecule has 1 unspecified atom stereocenters. The molecule has 0 spiro atoms. The van der Waals surface area contributed by atoms with Crippen molar-refractivity contribution in [3.63, 3.8) is 0 Å². The highest BCUT2D eigenvalue weighted by Gasteiger charge is 2.22. The van der Waals surface area contributed by atoms with Gasteiger partial charge in [0.25, 0.3) is 5.91 Å². The molecule has 4 nitrogen and oxygen atoms in total. The van der Waals surface area contributed by atoms with Crippen molar-refractivity contribution < 1.29 is 14.7 Å². The van der Waals surface area contributed by atoms with Crippen LogP contribution < -0.4 is 5.32 Å². The number of hydrogen-bond acceptors (Lipinski definition) is 2. The van der Waals surface area contributed by atoms with Crippen LogP contribution in [-0.4, -0.2) is 17.0 Å². The number of carboxylic acids is 1. The molecule has 0 aliphatic rings. The zero-order chi connectivity index (χ0) is 22.6. The second-order valence-electron chi connectivity index (χ2n) is 8.98. The van der Waals surface area contributed by atoms with Gasteiger partial charge < -0.3 is 10.4 Å². The normalized spacial score (nSPS) is 12.5. The van der Waals surface area contributed by atoms with Crippen LogP contribution in [0.1, 0.15) is 110 Å². The van der Waals surface area contributed by atoms with Crippen molar-refractivity contribution in [1.29, 1.82) is 0 Å². The summed E-state index contributed by atoms with van der Waals surface area (Å²) in [6.07, 6.45) is 1.06. The molecule has 1 amide bonds. The highest BCUT2D eigenvalue weighted by Crippen LogP contribution is 2.31. The number of nitrogens with one attached hydrogen (secondary N) is 1. The Morgan fingerprint density at radius 2 is 1.37 bits per heavy atom. The van der Waals surface area contributed by atoms with Crippen molar-refractivity contribution in [3.05, 3.63) is 64.2 Å². The molecule has 2 aromatic carbocycles. The van der Waals surface area contributed by atoms with Crippen LogP contribution in [0.4, 0.5) is 5.69 Å². The summed E-state index contributed by atoms with van der Waals surface area (Å²) in [7, 11) is 0. The fourth-order valence-electron chi connectivity index (χ4n) is 4.10. The first-order valence-corrected chi connectivity index (χ1v) is 10.9. The molecule has 30 heavy (non-hydrogen) atoms. The minimum atomic E-state index is -1.09. The van der Waals surface area contributed by atoms with E-state index in [0.717, 1.165) is 17.5 Å². The average molecular weight is 410 g/mol. The van der Waals surface area contributed by atoms with Crippen molar-refractivity contribution >= 4 is 17.6 Å². The van der Waals surface area contributed by atoms with Gasteiger partial charge in [0.2, 0.25) is 0 Å². The highest BCUT2D eigenvalue weighted by atomic mass is 16.4. The zero-order valence-corrected chi connectivity index (χ0v) is 19.2. The molecule has 1 atom stereocenters. The minimum Gasteiger partial charge on any atom is -0.478 e. The van der Waals surface area contributed by atoms with E-state index in [2.05, 4.69) is 39.9 Å². The molecule has 162 valence electrons. The largest absolute Gasteiger partial charge is 0.478 e. The lowest BCUT2D eigenvalue weighted by atomic mass is 9.86. The van der Waals surface area contributed by atoms with Gasteiger partial charge in [-0.15, -0.1) is 0 Å². The Balaban J connectivity index is 2.38. The molecule has 0 heterocycles. The van der Waals surface area contributed by atoms with Gasteiger partial charge in [-0.25, -0.2) is 4.79 Å². The molecule has 0 radical (unpaired) electrons. The van der Waals surface area contributed by atoms with Gasteiger partial charge in [0.1, 0.15) is 0 Å². The van der Waals surface area contributed by atoms with Gasteiger partial charge in [0.05, 0.1) is 11.1 Å². The van der Waals surface area contributed by atoms with E-state index in [4.69, 9.17) is 0 Å².